The fourth-order valence-corrected chi connectivity index (χ4v) is 1.92. The molecular weight excluding hydrogens is 176 g/mol. The van der Waals surface area contributed by atoms with Crippen LogP contribution in [0.4, 0.5) is 0 Å². The number of azide groups is 1. The predicted molar refractivity (Wildman–Crippen MR) is 54.8 cm³/mol. The summed E-state index contributed by atoms with van der Waals surface area (Å²) in [7, 11) is 0. The van der Waals surface area contributed by atoms with Crippen LogP contribution in [0.15, 0.2) is 29.4 Å². The molecule has 1 aromatic carbocycles. The Labute approximate surface area is 82.4 Å². The van der Waals surface area contributed by atoms with Gasteiger partial charge >= 0.3 is 0 Å². The zero-order valence-electron chi connectivity index (χ0n) is 7.80. The first-order valence-electron chi connectivity index (χ1n) is 4.68. The molecule has 0 spiro atoms. The van der Waals surface area contributed by atoms with Crippen molar-refractivity contribution in [2.45, 2.75) is 24.9 Å². The molecule has 0 bridgehead atoms. The summed E-state index contributed by atoms with van der Waals surface area (Å²) in [5.74, 6) is 0. The third-order valence-corrected chi connectivity index (χ3v) is 2.70. The topological polar surface area (TPSA) is 74.8 Å². The van der Waals surface area contributed by atoms with Gasteiger partial charge in [-0.1, -0.05) is 29.4 Å². The van der Waals surface area contributed by atoms with Crippen molar-refractivity contribution >= 4 is 0 Å². The summed E-state index contributed by atoms with van der Waals surface area (Å²) < 4.78 is 0. The number of hydrogen-bond donors (Lipinski definition) is 1. The smallest absolute Gasteiger partial charge is 0.0568 e. The van der Waals surface area contributed by atoms with Crippen LogP contribution in [0.2, 0.25) is 0 Å². The Balaban J connectivity index is 2.30. The van der Waals surface area contributed by atoms with Crippen molar-refractivity contribution in [1.82, 2.24) is 0 Å². The molecule has 2 atom stereocenters. The molecule has 1 aromatic rings. The molecule has 0 aliphatic heterocycles. The van der Waals surface area contributed by atoms with Crippen LogP contribution in [-0.4, -0.2) is 12.1 Å². The number of rotatable bonds is 1. The molecular formula is C10H12N4. The van der Waals surface area contributed by atoms with Gasteiger partial charge in [0.1, 0.15) is 0 Å². The minimum atomic E-state index is -0.0881. The number of hydrogen-bond acceptors (Lipinski definition) is 2. The van der Waals surface area contributed by atoms with Gasteiger partial charge in [-0.3, -0.25) is 0 Å². The van der Waals surface area contributed by atoms with Crippen molar-refractivity contribution in [2.24, 2.45) is 10.8 Å². The van der Waals surface area contributed by atoms with Crippen molar-refractivity contribution in [1.29, 1.82) is 0 Å². The van der Waals surface area contributed by atoms with Gasteiger partial charge < -0.3 is 5.73 Å². The Bertz CT molecular complexity index is 381. The van der Waals surface area contributed by atoms with Crippen molar-refractivity contribution in [3.05, 3.63) is 45.8 Å². The quantitative estimate of drug-likeness (QED) is 0.407. The minimum absolute atomic E-state index is 0.0409. The average Bonchev–Trinajstić information content (AvgIpc) is 2.19. The molecule has 0 radical (unpaired) electrons. The summed E-state index contributed by atoms with van der Waals surface area (Å²) >= 11 is 0. The predicted octanol–water partition coefficient (Wildman–Crippen LogP) is 1.79. The van der Waals surface area contributed by atoms with Crippen molar-refractivity contribution in [3.8, 4) is 0 Å². The highest BCUT2D eigenvalue weighted by Crippen LogP contribution is 2.22. The Morgan fingerprint density at radius 1 is 1.29 bits per heavy atom. The lowest BCUT2D eigenvalue weighted by Gasteiger charge is -2.27. The highest BCUT2D eigenvalue weighted by Gasteiger charge is 2.24. The number of nitrogens with two attached hydrogens (primary N) is 1. The van der Waals surface area contributed by atoms with E-state index in [-0.39, 0.29) is 12.1 Å². The Hall–Kier alpha value is -1.51. The first-order chi connectivity index (χ1) is 6.81. The van der Waals surface area contributed by atoms with E-state index < -0.39 is 0 Å². The van der Waals surface area contributed by atoms with Crippen molar-refractivity contribution in [3.63, 3.8) is 0 Å². The number of benzene rings is 1. The van der Waals surface area contributed by atoms with E-state index >= 15 is 0 Å². The Morgan fingerprint density at radius 2 is 1.93 bits per heavy atom. The van der Waals surface area contributed by atoms with Crippen LogP contribution >= 0.6 is 0 Å². The zero-order valence-corrected chi connectivity index (χ0v) is 7.80. The fourth-order valence-electron chi connectivity index (χ4n) is 1.92. The van der Waals surface area contributed by atoms with E-state index in [2.05, 4.69) is 22.2 Å². The SMILES string of the molecule is [N-]=[N+]=N[C@H]1Cc2ccccc2C[C@@H]1N. The van der Waals surface area contributed by atoms with Gasteiger partial charge in [0, 0.05) is 11.0 Å². The van der Waals surface area contributed by atoms with Gasteiger partial charge in [0.05, 0.1) is 6.04 Å². The lowest BCUT2D eigenvalue weighted by molar-refractivity contribution is 0.491. The highest BCUT2D eigenvalue weighted by molar-refractivity contribution is 5.32. The highest BCUT2D eigenvalue weighted by atomic mass is 15.2. The second kappa shape index (κ2) is 3.70. The molecule has 4 heteroatoms. The molecule has 2 N–H and O–H groups in total. The van der Waals surface area contributed by atoms with Gasteiger partial charge in [0.15, 0.2) is 0 Å². The van der Waals surface area contributed by atoms with E-state index in [1.54, 1.807) is 0 Å². The summed E-state index contributed by atoms with van der Waals surface area (Å²) in [6.07, 6.45) is 1.57. The maximum absolute atomic E-state index is 8.39. The molecule has 0 heterocycles. The Kier molecular flexibility index (Phi) is 2.39. The van der Waals surface area contributed by atoms with E-state index in [0.29, 0.717) is 0 Å². The van der Waals surface area contributed by atoms with E-state index in [0.717, 1.165) is 12.8 Å². The summed E-state index contributed by atoms with van der Waals surface area (Å²) in [4.78, 5) is 2.83. The van der Waals surface area contributed by atoms with E-state index in [9.17, 15) is 0 Å². The molecule has 4 nitrogen and oxygen atoms in total. The fraction of sp³-hybridized carbons (Fsp3) is 0.400. The molecule has 0 fully saturated rings. The van der Waals surface area contributed by atoms with E-state index in [4.69, 9.17) is 11.3 Å². The molecule has 0 amide bonds. The van der Waals surface area contributed by atoms with Crippen LogP contribution in [-0.2, 0) is 12.8 Å². The summed E-state index contributed by atoms with van der Waals surface area (Å²) in [5, 5.41) is 3.72. The summed E-state index contributed by atoms with van der Waals surface area (Å²) in [5.41, 5.74) is 16.8. The maximum atomic E-state index is 8.39. The minimum Gasteiger partial charge on any atom is -0.327 e. The van der Waals surface area contributed by atoms with Gasteiger partial charge in [0.25, 0.3) is 0 Å². The molecule has 72 valence electrons. The molecule has 0 unspecified atom stereocenters. The molecule has 0 saturated heterocycles. The normalized spacial score (nSPS) is 24.9. The van der Waals surface area contributed by atoms with Crippen molar-refractivity contribution in [2.75, 3.05) is 0 Å². The number of nitrogens with zero attached hydrogens (tertiary/aromatic N) is 3. The van der Waals surface area contributed by atoms with Crippen LogP contribution in [0.5, 0.6) is 0 Å². The van der Waals surface area contributed by atoms with Gasteiger partial charge in [-0.05, 0) is 29.5 Å². The van der Waals surface area contributed by atoms with Gasteiger partial charge in [0.2, 0.25) is 0 Å². The largest absolute Gasteiger partial charge is 0.327 e. The monoisotopic (exact) mass is 188 g/mol. The van der Waals surface area contributed by atoms with E-state index in [1.165, 1.54) is 11.1 Å². The van der Waals surface area contributed by atoms with Crippen LogP contribution in [0.1, 0.15) is 11.1 Å². The molecule has 14 heavy (non-hydrogen) atoms. The lowest BCUT2D eigenvalue weighted by Crippen LogP contribution is -2.40. The molecule has 1 aliphatic rings. The summed E-state index contributed by atoms with van der Waals surface area (Å²) in [6, 6.07) is 8.04. The van der Waals surface area contributed by atoms with Crippen LogP contribution < -0.4 is 5.73 Å². The lowest BCUT2D eigenvalue weighted by atomic mass is 9.85. The van der Waals surface area contributed by atoms with Crippen molar-refractivity contribution < 1.29 is 0 Å². The van der Waals surface area contributed by atoms with E-state index in [1.807, 2.05) is 12.1 Å². The molecule has 0 saturated carbocycles. The standard InChI is InChI=1S/C10H12N4/c11-9-5-7-3-1-2-4-8(7)6-10(9)13-14-12/h1-4,9-10H,5-6,11H2/t9-,10-/m0/s1. The molecule has 1 aliphatic carbocycles. The second-order valence-corrected chi connectivity index (χ2v) is 3.61. The van der Waals surface area contributed by atoms with Gasteiger partial charge in [-0.2, -0.15) is 0 Å². The molecule has 2 rings (SSSR count). The average molecular weight is 188 g/mol. The van der Waals surface area contributed by atoms with Crippen LogP contribution in [0.3, 0.4) is 0 Å². The third kappa shape index (κ3) is 1.58. The Morgan fingerprint density at radius 3 is 2.57 bits per heavy atom. The van der Waals surface area contributed by atoms with Crippen LogP contribution in [0.25, 0.3) is 10.4 Å². The number of fused-ring (bicyclic) bond motifs is 1. The van der Waals surface area contributed by atoms with Gasteiger partial charge in [-0.25, -0.2) is 0 Å². The van der Waals surface area contributed by atoms with Gasteiger partial charge in [-0.15, -0.1) is 0 Å². The first-order valence-corrected chi connectivity index (χ1v) is 4.68. The zero-order chi connectivity index (χ0) is 9.97. The first kappa shape index (κ1) is 9.06. The molecule has 0 aromatic heterocycles. The second-order valence-electron chi connectivity index (χ2n) is 3.61. The maximum Gasteiger partial charge on any atom is 0.0568 e. The van der Waals surface area contributed by atoms with Crippen LogP contribution in [0, 0.1) is 0 Å². The summed E-state index contributed by atoms with van der Waals surface area (Å²) in [6.45, 7) is 0. The third-order valence-electron chi connectivity index (χ3n) is 2.70.